The van der Waals surface area contributed by atoms with Gasteiger partial charge < -0.3 is 9.47 Å². The minimum atomic E-state index is -3.51. The van der Waals surface area contributed by atoms with Crippen LogP contribution in [0.2, 0.25) is 0 Å². The summed E-state index contributed by atoms with van der Waals surface area (Å²) < 4.78 is 25.7. The van der Waals surface area contributed by atoms with E-state index in [1.54, 1.807) is 12.1 Å². The highest BCUT2D eigenvalue weighted by Gasteiger charge is 2.27. The summed E-state index contributed by atoms with van der Waals surface area (Å²) in [5, 5.41) is -0.0462. The number of carbonyl (C=O) groups excluding carboxylic acids is 1. The van der Waals surface area contributed by atoms with Gasteiger partial charge in [0.25, 0.3) is 0 Å². The van der Waals surface area contributed by atoms with E-state index in [1.165, 1.54) is 4.57 Å². The van der Waals surface area contributed by atoms with E-state index in [0.717, 1.165) is 25.8 Å². The van der Waals surface area contributed by atoms with Gasteiger partial charge in [-0.05, 0) is 30.4 Å². The summed E-state index contributed by atoms with van der Waals surface area (Å²) in [6, 6.07) is 7.19. The molecule has 0 aliphatic carbocycles. The summed E-state index contributed by atoms with van der Waals surface area (Å²) in [6.45, 7) is 5.74. The molecule has 0 bridgehead atoms. The third-order valence-corrected chi connectivity index (χ3v) is 5.44. The molecule has 24 heavy (non-hydrogen) atoms. The quantitative estimate of drug-likeness (QED) is 0.849. The summed E-state index contributed by atoms with van der Waals surface area (Å²) in [7, 11) is -3.51. The van der Waals surface area contributed by atoms with Gasteiger partial charge in [-0.3, -0.25) is 4.79 Å². The molecule has 6 nitrogen and oxygen atoms in total. The van der Waals surface area contributed by atoms with Gasteiger partial charge in [0.05, 0.1) is 11.0 Å². The number of hydrogen-bond acceptors (Lipinski definition) is 4. The van der Waals surface area contributed by atoms with Crippen LogP contribution in [0.4, 0.5) is 0 Å². The van der Waals surface area contributed by atoms with E-state index in [1.807, 2.05) is 17.0 Å². The molecular formula is C17H23N3O3S. The molecule has 130 valence electrons. The minimum absolute atomic E-state index is 0.00234. The highest BCUT2D eigenvalue weighted by molar-refractivity contribution is 7.90. The van der Waals surface area contributed by atoms with Crippen molar-refractivity contribution in [1.82, 2.24) is 14.5 Å². The van der Waals surface area contributed by atoms with Gasteiger partial charge in [-0.1, -0.05) is 26.0 Å². The Bertz CT molecular complexity index is 862. The molecular weight excluding hydrogens is 326 g/mol. The van der Waals surface area contributed by atoms with Crippen LogP contribution in [-0.2, 0) is 21.2 Å². The second kappa shape index (κ2) is 6.20. The number of piperidine rings is 1. The van der Waals surface area contributed by atoms with Crippen molar-refractivity contribution in [2.24, 2.45) is 11.8 Å². The zero-order valence-corrected chi connectivity index (χ0v) is 15.1. The Morgan fingerprint density at radius 1 is 1.21 bits per heavy atom. The van der Waals surface area contributed by atoms with Crippen molar-refractivity contribution in [3.8, 4) is 0 Å². The van der Waals surface area contributed by atoms with Gasteiger partial charge in [0, 0.05) is 19.3 Å². The normalized spacial score (nSPS) is 22.0. The maximum Gasteiger partial charge on any atom is 0.242 e. The second-order valence-corrected chi connectivity index (χ2v) is 8.90. The minimum Gasteiger partial charge on any atom is -0.341 e. The monoisotopic (exact) mass is 349 g/mol. The fraction of sp³-hybridized carbons (Fsp3) is 0.529. The van der Waals surface area contributed by atoms with E-state index in [-0.39, 0.29) is 17.6 Å². The topological polar surface area (TPSA) is 72.3 Å². The highest BCUT2D eigenvalue weighted by Crippen LogP contribution is 2.23. The van der Waals surface area contributed by atoms with E-state index in [2.05, 4.69) is 18.8 Å². The first-order chi connectivity index (χ1) is 11.3. The number of fused-ring (bicyclic) bond motifs is 1. The number of likely N-dealkylation sites (tertiary alicyclic amines) is 1. The predicted octanol–water partition coefficient (Wildman–Crippen LogP) is 1.94. The molecule has 0 spiro atoms. The van der Waals surface area contributed by atoms with Gasteiger partial charge in [0.1, 0.15) is 6.54 Å². The molecule has 0 saturated carbocycles. The van der Waals surface area contributed by atoms with Crippen LogP contribution in [0.15, 0.2) is 29.4 Å². The number of sulfone groups is 1. The first-order valence-corrected chi connectivity index (χ1v) is 10.1. The van der Waals surface area contributed by atoms with Crippen LogP contribution in [0, 0.1) is 11.8 Å². The molecule has 1 fully saturated rings. The summed E-state index contributed by atoms with van der Waals surface area (Å²) in [4.78, 5) is 18.8. The summed E-state index contributed by atoms with van der Waals surface area (Å²) in [5.74, 6) is 0.875. The highest BCUT2D eigenvalue weighted by atomic mass is 32.2. The largest absolute Gasteiger partial charge is 0.341 e. The van der Waals surface area contributed by atoms with Crippen molar-refractivity contribution in [1.29, 1.82) is 0 Å². The van der Waals surface area contributed by atoms with E-state index in [4.69, 9.17) is 0 Å². The molecule has 2 heterocycles. The Morgan fingerprint density at radius 2 is 1.83 bits per heavy atom. The standard InChI is InChI=1S/C17H23N3O3S/c1-12-8-13(2)10-19(9-12)16(21)11-20-15-7-5-4-6-14(15)18-17(20)24(3,22)23/h4-7,12-13H,8-11H2,1-3H3. The molecule has 1 aliphatic rings. The molecule has 1 aliphatic heterocycles. The SMILES string of the molecule is CC1CC(C)CN(C(=O)Cn2c(S(C)(=O)=O)nc3ccccc32)C1. The third kappa shape index (κ3) is 3.31. The lowest BCUT2D eigenvalue weighted by Gasteiger charge is -2.35. The van der Waals surface area contributed by atoms with E-state index in [9.17, 15) is 13.2 Å². The van der Waals surface area contributed by atoms with Gasteiger partial charge in [0.15, 0.2) is 0 Å². The second-order valence-electron chi connectivity index (χ2n) is 6.99. The van der Waals surface area contributed by atoms with Crippen LogP contribution < -0.4 is 0 Å². The van der Waals surface area contributed by atoms with Gasteiger partial charge in [-0.2, -0.15) is 0 Å². The Labute approximate surface area is 142 Å². The first-order valence-electron chi connectivity index (χ1n) is 8.19. The number of hydrogen-bond donors (Lipinski definition) is 0. The smallest absolute Gasteiger partial charge is 0.242 e. The molecule has 7 heteroatoms. The van der Waals surface area contributed by atoms with Crippen LogP contribution in [0.25, 0.3) is 11.0 Å². The molecule has 1 aromatic heterocycles. The maximum atomic E-state index is 12.8. The number of para-hydroxylation sites is 2. The Morgan fingerprint density at radius 3 is 2.46 bits per heavy atom. The van der Waals surface area contributed by atoms with Crippen molar-refractivity contribution < 1.29 is 13.2 Å². The fourth-order valence-electron chi connectivity index (χ4n) is 3.59. The van der Waals surface area contributed by atoms with Gasteiger partial charge in [0.2, 0.25) is 20.9 Å². The Hall–Kier alpha value is -1.89. The molecule has 2 atom stereocenters. The number of carbonyl (C=O) groups is 1. The van der Waals surface area contributed by atoms with E-state index >= 15 is 0 Å². The van der Waals surface area contributed by atoms with Gasteiger partial charge in [-0.25, -0.2) is 13.4 Å². The third-order valence-electron chi connectivity index (χ3n) is 4.47. The molecule has 3 rings (SSSR count). The molecule has 0 N–H and O–H groups in total. The number of benzene rings is 1. The molecule has 1 aromatic carbocycles. The van der Waals surface area contributed by atoms with Gasteiger partial charge >= 0.3 is 0 Å². The maximum absolute atomic E-state index is 12.8. The fourth-order valence-corrected chi connectivity index (χ4v) is 4.42. The summed E-state index contributed by atoms with van der Waals surface area (Å²) in [5.41, 5.74) is 1.26. The summed E-state index contributed by atoms with van der Waals surface area (Å²) >= 11 is 0. The lowest BCUT2D eigenvalue weighted by Crippen LogP contribution is -2.44. The van der Waals surface area contributed by atoms with E-state index in [0.29, 0.717) is 22.9 Å². The van der Waals surface area contributed by atoms with Crippen LogP contribution >= 0.6 is 0 Å². The van der Waals surface area contributed by atoms with E-state index < -0.39 is 9.84 Å². The molecule has 2 aromatic rings. The predicted molar refractivity (Wildman–Crippen MR) is 92.4 cm³/mol. The Kier molecular flexibility index (Phi) is 4.38. The molecule has 1 amide bonds. The lowest BCUT2D eigenvalue weighted by atomic mass is 9.92. The van der Waals surface area contributed by atoms with Crippen LogP contribution in [0.3, 0.4) is 0 Å². The van der Waals surface area contributed by atoms with Crippen molar-refractivity contribution in [2.45, 2.75) is 32.0 Å². The number of amides is 1. The number of imidazole rings is 1. The van der Waals surface area contributed by atoms with Crippen LogP contribution in [0.5, 0.6) is 0 Å². The molecule has 0 radical (unpaired) electrons. The number of aromatic nitrogens is 2. The average molecular weight is 349 g/mol. The zero-order valence-electron chi connectivity index (χ0n) is 14.3. The Balaban J connectivity index is 1.96. The van der Waals surface area contributed by atoms with Gasteiger partial charge in [-0.15, -0.1) is 0 Å². The molecule has 2 unspecified atom stereocenters. The first kappa shape index (κ1) is 17.0. The van der Waals surface area contributed by atoms with Crippen molar-refractivity contribution in [3.05, 3.63) is 24.3 Å². The van der Waals surface area contributed by atoms with Crippen molar-refractivity contribution in [2.75, 3.05) is 19.3 Å². The van der Waals surface area contributed by atoms with Crippen molar-refractivity contribution in [3.63, 3.8) is 0 Å². The summed E-state index contributed by atoms with van der Waals surface area (Å²) in [6.07, 6.45) is 2.24. The number of nitrogens with zero attached hydrogens (tertiary/aromatic N) is 3. The van der Waals surface area contributed by atoms with Crippen LogP contribution in [-0.4, -0.2) is 48.1 Å². The van der Waals surface area contributed by atoms with Crippen molar-refractivity contribution >= 4 is 26.8 Å². The molecule has 1 saturated heterocycles. The number of rotatable bonds is 3. The van der Waals surface area contributed by atoms with Crippen LogP contribution in [0.1, 0.15) is 20.3 Å². The average Bonchev–Trinajstić information content (AvgIpc) is 2.85. The lowest BCUT2D eigenvalue weighted by molar-refractivity contribution is -0.134. The zero-order chi connectivity index (χ0) is 17.5.